The minimum atomic E-state index is -1.34. The van der Waals surface area contributed by atoms with Gasteiger partial charge in [-0.2, -0.15) is 0 Å². The van der Waals surface area contributed by atoms with Crippen molar-refractivity contribution in [2.45, 2.75) is 62.7 Å². The van der Waals surface area contributed by atoms with Crippen molar-refractivity contribution in [3.63, 3.8) is 0 Å². The van der Waals surface area contributed by atoms with Crippen LogP contribution in [0.5, 0.6) is 0 Å². The molecule has 0 rings (SSSR count). The fourth-order valence-electron chi connectivity index (χ4n) is 1.40. The lowest BCUT2D eigenvalue weighted by Gasteiger charge is -2.22. The number of carbonyl (C=O) groups excluding carboxylic acids is 2. The molecule has 0 fully saturated rings. The first-order valence-electron chi connectivity index (χ1n) is 7.11. The molecule has 0 aliphatic carbocycles. The molecule has 0 aromatic carbocycles. The van der Waals surface area contributed by atoms with Crippen molar-refractivity contribution in [1.82, 2.24) is 0 Å². The maximum Gasteiger partial charge on any atom is 0.334 e. The smallest absolute Gasteiger partial charge is 0.334 e. The molecule has 0 heterocycles. The zero-order chi connectivity index (χ0) is 16.9. The molecule has 1 unspecified atom stereocenters. The Labute approximate surface area is 144 Å². The second-order valence-corrected chi connectivity index (χ2v) is 6.95. The number of rotatable bonds is 8. The lowest BCUT2D eigenvalue weighted by Crippen LogP contribution is -2.43. The number of alkyl halides is 2. The molecule has 0 aromatic heterocycles. The van der Waals surface area contributed by atoms with E-state index in [9.17, 15) is 9.59 Å². The zero-order valence-corrected chi connectivity index (χ0v) is 16.3. The third-order valence-corrected chi connectivity index (χ3v) is 3.37. The Morgan fingerprint density at radius 2 is 1.48 bits per heavy atom. The fourth-order valence-corrected chi connectivity index (χ4v) is 1.91. The molecule has 5 nitrogen and oxygen atoms in total. The van der Waals surface area contributed by atoms with Gasteiger partial charge in [0.2, 0.25) is 4.32 Å². The Kier molecular flexibility index (Phi) is 14.9. The number of hydrogen-bond donors (Lipinski definition) is 1. The normalized spacial score (nSPS) is 12.0. The Balaban J connectivity index is 0. The highest BCUT2D eigenvalue weighted by molar-refractivity contribution is 9.10. The van der Waals surface area contributed by atoms with E-state index in [4.69, 9.17) is 14.6 Å². The van der Waals surface area contributed by atoms with Crippen LogP contribution in [0.25, 0.3) is 0 Å². The Bertz CT molecular complexity index is 274. The van der Waals surface area contributed by atoms with Crippen molar-refractivity contribution >= 4 is 43.8 Å². The summed E-state index contributed by atoms with van der Waals surface area (Å²) in [4.78, 5) is 23.6. The van der Waals surface area contributed by atoms with Gasteiger partial charge in [0.25, 0.3) is 0 Å². The Morgan fingerprint density at radius 3 is 1.76 bits per heavy atom. The third kappa shape index (κ3) is 11.1. The quantitative estimate of drug-likeness (QED) is 0.274. The van der Waals surface area contributed by atoms with Crippen molar-refractivity contribution in [3.8, 4) is 0 Å². The summed E-state index contributed by atoms with van der Waals surface area (Å²) in [6.45, 7) is 7.62. The van der Waals surface area contributed by atoms with Crippen molar-refractivity contribution in [3.05, 3.63) is 0 Å². The second-order valence-electron chi connectivity index (χ2n) is 4.27. The van der Waals surface area contributed by atoms with E-state index in [2.05, 4.69) is 38.8 Å². The molecular formula is C14H26Br2O5. The molecule has 1 atom stereocenters. The van der Waals surface area contributed by atoms with Crippen LogP contribution < -0.4 is 0 Å². The highest BCUT2D eigenvalue weighted by atomic mass is 79.9. The van der Waals surface area contributed by atoms with E-state index in [1.807, 2.05) is 0 Å². The van der Waals surface area contributed by atoms with Crippen LogP contribution in [-0.2, 0) is 19.1 Å². The predicted molar refractivity (Wildman–Crippen MR) is 89.7 cm³/mol. The minimum absolute atomic E-state index is 0.249. The van der Waals surface area contributed by atoms with E-state index < -0.39 is 16.3 Å². The summed E-state index contributed by atoms with van der Waals surface area (Å²) < 4.78 is 8.50. The lowest BCUT2D eigenvalue weighted by atomic mass is 10.0. The van der Waals surface area contributed by atoms with Gasteiger partial charge in [-0.3, -0.25) is 0 Å². The second kappa shape index (κ2) is 13.5. The van der Waals surface area contributed by atoms with E-state index in [1.54, 1.807) is 20.8 Å². The first kappa shape index (κ1) is 23.1. The van der Waals surface area contributed by atoms with Gasteiger partial charge in [-0.15, -0.1) is 0 Å². The van der Waals surface area contributed by atoms with Gasteiger partial charge in [-0.05, 0) is 27.2 Å². The maximum atomic E-state index is 11.8. The first-order valence-corrected chi connectivity index (χ1v) is 8.82. The van der Waals surface area contributed by atoms with Crippen molar-refractivity contribution in [2.75, 3.05) is 13.2 Å². The van der Waals surface area contributed by atoms with E-state index in [-0.39, 0.29) is 18.2 Å². The Morgan fingerprint density at radius 1 is 1.10 bits per heavy atom. The summed E-state index contributed by atoms with van der Waals surface area (Å²) in [5, 5.41) is 7.62. The topological polar surface area (TPSA) is 72.8 Å². The van der Waals surface area contributed by atoms with E-state index >= 15 is 0 Å². The molecule has 21 heavy (non-hydrogen) atoms. The summed E-state index contributed by atoms with van der Waals surface area (Å²) >= 11 is 6.03. The maximum absolute atomic E-state index is 11.8. The number of halogens is 2. The number of unbranched alkanes of at least 4 members (excludes halogenated alkanes) is 2. The van der Waals surface area contributed by atoms with E-state index in [1.165, 1.54) is 0 Å². The van der Waals surface area contributed by atoms with Crippen LogP contribution in [0.4, 0.5) is 0 Å². The van der Waals surface area contributed by atoms with Crippen LogP contribution in [0.1, 0.15) is 53.4 Å². The average molecular weight is 434 g/mol. The zero-order valence-electron chi connectivity index (χ0n) is 13.2. The standard InChI is InChI=1S/C12H21BrO4.C2H5BrO/c1-4-7-8-9-12(13,10(14)16-5-2)11(15)17-6-3;1-2(3)4/h4-9H2,1-3H3;2,4H,1H3. The van der Waals surface area contributed by atoms with Gasteiger partial charge in [-0.25, -0.2) is 9.59 Å². The van der Waals surface area contributed by atoms with Gasteiger partial charge in [0, 0.05) is 0 Å². The number of aliphatic hydroxyl groups is 1. The van der Waals surface area contributed by atoms with Gasteiger partial charge in [0.15, 0.2) is 0 Å². The molecule has 0 aliphatic rings. The highest BCUT2D eigenvalue weighted by Crippen LogP contribution is 2.29. The summed E-state index contributed by atoms with van der Waals surface area (Å²) in [5.74, 6) is -1.12. The van der Waals surface area contributed by atoms with Crippen LogP contribution in [0.3, 0.4) is 0 Å². The molecule has 0 amide bonds. The van der Waals surface area contributed by atoms with Crippen molar-refractivity contribution in [2.24, 2.45) is 0 Å². The molecule has 0 aliphatic heterocycles. The van der Waals surface area contributed by atoms with Gasteiger partial charge >= 0.3 is 11.9 Å². The van der Waals surface area contributed by atoms with Gasteiger partial charge < -0.3 is 14.6 Å². The third-order valence-electron chi connectivity index (χ3n) is 2.32. The molecule has 0 saturated heterocycles. The molecule has 0 aromatic rings. The summed E-state index contributed by atoms with van der Waals surface area (Å²) in [6, 6.07) is 0. The minimum Gasteiger partial charge on any atom is -0.465 e. The number of hydrogen-bond acceptors (Lipinski definition) is 5. The Hall–Kier alpha value is -0.140. The molecule has 0 saturated carbocycles. The average Bonchev–Trinajstić information content (AvgIpc) is 2.38. The molecule has 0 bridgehead atoms. The number of aliphatic hydroxyl groups excluding tert-OH is 1. The van der Waals surface area contributed by atoms with Crippen molar-refractivity contribution < 1.29 is 24.2 Å². The van der Waals surface area contributed by atoms with Crippen LogP contribution >= 0.6 is 31.9 Å². The van der Waals surface area contributed by atoms with E-state index in [0.717, 1.165) is 19.3 Å². The van der Waals surface area contributed by atoms with Gasteiger partial charge in [0.05, 0.1) is 13.2 Å². The van der Waals surface area contributed by atoms with Gasteiger partial charge in [-0.1, -0.05) is 58.0 Å². The van der Waals surface area contributed by atoms with Crippen LogP contribution in [0.2, 0.25) is 0 Å². The lowest BCUT2D eigenvalue weighted by molar-refractivity contribution is -0.158. The number of esters is 2. The van der Waals surface area contributed by atoms with Crippen LogP contribution in [0.15, 0.2) is 0 Å². The predicted octanol–water partition coefficient (Wildman–Crippen LogP) is 3.55. The summed E-state index contributed by atoms with van der Waals surface area (Å²) in [7, 11) is 0. The van der Waals surface area contributed by atoms with Crippen molar-refractivity contribution in [1.29, 1.82) is 0 Å². The summed E-state index contributed by atoms with van der Waals surface area (Å²) in [5.41, 5.74) is 0. The molecule has 0 spiro atoms. The highest BCUT2D eigenvalue weighted by Gasteiger charge is 2.45. The molecule has 0 radical (unpaired) electrons. The van der Waals surface area contributed by atoms with Crippen LogP contribution in [0, 0.1) is 0 Å². The molecule has 126 valence electrons. The largest absolute Gasteiger partial charge is 0.465 e. The fraction of sp³-hybridized carbons (Fsp3) is 0.857. The van der Waals surface area contributed by atoms with Crippen LogP contribution in [-0.4, -0.2) is 39.6 Å². The van der Waals surface area contributed by atoms with Gasteiger partial charge in [0.1, 0.15) is 5.01 Å². The SMILES string of the molecule is CC(O)Br.CCCCCC(Br)(C(=O)OCC)C(=O)OCC. The monoisotopic (exact) mass is 432 g/mol. The molecule has 1 N–H and O–H groups in total. The number of carbonyl (C=O) groups is 2. The van der Waals surface area contributed by atoms with E-state index in [0.29, 0.717) is 6.42 Å². The molecular weight excluding hydrogens is 408 g/mol. The molecule has 7 heteroatoms. The number of ether oxygens (including phenoxy) is 2. The first-order chi connectivity index (χ1) is 9.76. The summed E-state index contributed by atoms with van der Waals surface area (Å²) in [6.07, 6.45) is 3.17.